The molecule has 0 bridgehead atoms. The molecular weight excluding hydrogens is 400 g/mol. The number of carbonyl (C=O) groups is 1. The fraction of sp³-hybridized carbons (Fsp3) is 0.435. The third-order valence-corrected chi connectivity index (χ3v) is 5.20. The highest BCUT2D eigenvalue weighted by molar-refractivity contribution is 5.98. The fourth-order valence-electron chi connectivity index (χ4n) is 3.48. The van der Waals surface area contributed by atoms with Crippen LogP contribution in [-0.4, -0.2) is 65.6 Å². The lowest BCUT2D eigenvalue weighted by Gasteiger charge is -2.29. The van der Waals surface area contributed by atoms with Crippen molar-refractivity contribution in [2.75, 3.05) is 54.8 Å². The van der Waals surface area contributed by atoms with Crippen LogP contribution in [0.2, 0.25) is 0 Å². The molecule has 3 rings (SSSR count). The van der Waals surface area contributed by atoms with Crippen LogP contribution in [0.5, 0.6) is 28.7 Å². The Morgan fingerprint density at radius 3 is 2.29 bits per heavy atom. The molecule has 0 unspecified atom stereocenters. The molecule has 2 aromatic rings. The summed E-state index contributed by atoms with van der Waals surface area (Å²) >= 11 is 0. The molecule has 8 heteroatoms. The van der Waals surface area contributed by atoms with Crippen molar-refractivity contribution in [3.05, 3.63) is 41.5 Å². The van der Waals surface area contributed by atoms with Gasteiger partial charge >= 0.3 is 0 Å². The zero-order chi connectivity index (χ0) is 22.2. The van der Waals surface area contributed by atoms with E-state index in [-0.39, 0.29) is 12.6 Å². The Balaban J connectivity index is 1.44. The standard InChI is InChI=1S/C23H30N2O6/c1-27-18-7-6-16(12-20(18)28-2)8-10-24-9-5-11-25-15-31-19-14-22(30-4)21(29-3)13-17(19)23(25)26/h6-7,12-14,24H,5,8-11,15H2,1-4H3. The predicted molar refractivity (Wildman–Crippen MR) is 117 cm³/mol. The second-order valence-electron chi connectivity index (χ2n) is 7.09. The van der Waals surface area contributed by atoms with Crippen LogP contribution in [0.15, 0.2) is 30.3 Å². The van der Waals surface area contributed by atoms with Gasteiger partial charge in [-0.05, 0) is 43.6 Å². The molecule has 0 aliphatic carbocycles. The molecule has 0 radical (unpaired) electrons. The third kappa shape index (κ3) is 5.32. The number of amides is 1. The number of fused-ring (bicyclic) bond motifs is 1. The molecule has 1 heterocycles. The van der Waals surface area contributed by atoms with Crippen molar-refractivity contribution in [3.63, 3.8) is 0 Å². The largest absolute Gasteiger partial charge is 0.493 e. The van der Waals surface area contributed by atoms with Crippen LogP contribution in [0.3, 0.4) is 0 Å². The van der Waals surface area contributed by atoms with Crippen molar-refractivity contribution in [1.29, 1.82) is 0 Å². The van der Waals surface area contributed by atoms with E-state index in [1.807, 2.05) is 18.2 Å². The lowest BCUT2D eigenvalue weighted by molar-refractivity contribution is 0.0517. The van der Waals surface area contributed by atoms with Crippen molar-refractivity contribution in [3.8, 4) is 28.7 Å². The highest BCUT2D eigenvalue weighted by Crippen LogP contribution is 2.37. The van der Waals surface area contributed by atoms with E-state index >= 15 is 0 Å². The van der Waals surface area contributed by atoms with Gasteiger partial charge in [-0.1, -0.05) is 6.07 Å². The molecule has 0 atom stereocenters. The van der Waals surface area contributed by atoms with Gasteiger partial charge in [0.15, 0.2) is 29.7 Å². The molecule has 1 aliphatic rings. The molecule has 1 amide bonds. The van der Waals surface area contributed by atoms with E-state index in [1.165, 1.54) is 5.56 Å². The Labute approximate surface area is 183 Å². The quantitative estimate of drug-likeness (QED) is 0.549. The normalized spacial score (nSPS) is 12.8. The minimum Gasteiger partial charge on any atom is -0.493 e. The molecule has 1 aliphatic heterocycles. The summed E-state index contributed by atoms with van der Waals surface area (Å²) in [5, 5.41) is 3.42. The number of nitrogens with zero attached hydrogens (tertiary/aromatic N) is 1. The monoisotopic (exact) mass is 430 g/mol. The van der Waals surface area contributed by atoms with Gasteiger partial charge in [-0.3, -0.25) is 4.79 Å². The first-order valence-electron chi connectivity index (χ1n) is 10.2. The predicted octanol–water partition coefficient (Wildman–Crippen LogP) is 2.74. The molecule has 0 aromatic heterocycles. The lowest BCUT2D eigenvalue weighted by atomic mass is 10.1. The number of methoxy groups -OCH3 is 4. The minimum absolute atomic E-state index is 0.0625. The Bertz CT molecular complexity index is 902. The van der Waals surface area contributed by atoms with Crippen molar-refractivity contribution < 1.29 is 28.5 Å². The van der Waals surface area contributed by atoms with Gasteiger partial charge in [0.05, 0.1) is 34.0 Å². The summed E-state index contributed by atoms with van der Waals surface area (Å²) in [6.45, 7) is 2.47. The summed E-state index contributed by atoms with van der Waals surface area (Å²) < 4.78 is 26.9. The molecular formula is C23H30N2O6. The topological polar surface area (TPSA) is 78.5 Å². The number of hydrogen-bond donors (Lipinski definition) is 1. The van der Waals surface area contributed by atoms with E-state index in [1.54, 1.807) is 45.5 Å². The maximum Gasteiger partial charge on any atom is 0.260 e. The van der Waals surface area contributed by atoms with Gasteiger partial charge in [0.1, 0.15) is 5.75 Å². The van der Waals surface area contributed by atoms with Gasteiger partial charge < -0.3 is 33.9 Å². The summed E-state index contributed by atoms with van der Waals surface area (Å²) in [7, 11) is 6.36. The first-order chi connectivity index (χ1) is 15.1. The van der Waals surface area contributed by atoms with Crippen LogP contribution < -0.4 is 29.0 Å². The van der Waals surface area contributed by atoms with Crippen LogP contribution in [0.1, 0.15) is 22.3 Å². The summed E-state index contributed by atoms with van der Waals surface area (Å²) in [5.74, 6) is 2.97. The van der Waals surface area contributed by atoms with E-state index in [0.29, 0.717) is 29.4 Å². The molecule has 31 heavy (non-hydrogen) atoms. The SMILES string of the molecule is COc1ccc(CCNCCCN2COc3cc(OC)c(OC)cc3C2=O)cc1OC. The summed E-state index contributed by atoms with van der Waals surface area (Å²) in [6, 6.07) is 9.31. The second-order valence-corrected chi connectivity index (χ2v) is 7.09. The highest BCUT2D eigenvalue weighted by atomic mass is 16.5. The van der Waals surface area contributed by atoms with Crippen molar-refractivity contribution in [2.45, 2.75) is 12.8 Å². The Morgan fingerprint density at radius 1 is 0.903 bits per heavy atom. The number of carbonyl (C=O) groups excluding carboxylic acids is 1. The molecule has 0 fully saturated rings. The van der Waals surface area contributed by atoms with E-state index < -0.39 is 0 Å². The minimum atomic E-state index is -0.0625. The van der Waals surface area contributed by atoms with Gasteiger partial charge in [-0.15, -0.1) is 0 Å². The van der Waals surface area contributed by atoms with Crippen LogP contribution in [0.4, 0.5) is 0 Å². The Kier molecular flexibility index (Phi) is 7.83. The molecule has 0 saturated carbocycles. The van der Waals surface area contributed by atoms with Crippen LogP contribution in [0, 0.1) is 0 Å². The smallest absolute Gasteiger partial charge is 0.260 e. The molecule has 1 N–H and O–H groups in total. The van der Waals surface area contributed by atoms with Crippen LogP contribution in [-0.2, 0) is 6.42 Å². The van der Waals surface area contributed by atoms with Gasteiger partial charge in [0, 0.05) is 18.7 Å². The number of hydrogen-bond acceptors (Lipinski definition) is 7. The van der Waals surface area contributed by atoms with E-state index in [2.05, 4.69) is 5.32 Å². The number of nitrogens with one attached hydrogen (secondary N) is 1. The zero-order valence-corrected chi connectivity index (χ0v) is 18.5. The summed E-state index contributed by atoms with van der Waals surface area (Å²) in [6.07, 6.45) is 1.70. The van der Waals surface area contributed by atoms with Crippen molar-refractivity contribution >= 4 is 5.91 Å². The lowest BCUT2D eigenvalue weighted by Crippen LogP contribution is -2.40. The van der Waals surface area contributed by atoms with E-state index in [9.17, 15) is 4.79 Å². The second kappa shape index (κ2) is 10.8. The van der Waals surface area contributed by atoms with Gasteiger partial charge in [0.25, 0.3) is 5.91 Å². The van der Waals surface area contributed by atoms with Gasteiger partial charge in [-0.25, -0.2) is 0 Å². The van der Waals surface area contributed by atoms with Gasteiger partial charge in [0.2, 0.25) is 0 Å². The number of benzene rings is 2. The van der Waals surface area contributed by atoms with Gasteiger partial charge in [-0.2, -0.15) is 0 Å². The first-order valence-corrected chi connectivity index (χ1v) is 10.2. The maximum absolute atomic E-state index is 12.8. The average Bonchev–Trinajstić information content (AvgIpc) is 2.81. The zero-order valence-electron chi connectivity index (χ0n) is 18.5. The third-order valence-electron chi connectivity index (χ3n) is 5.20. The molecule has 0 saturated heterocycles. The number of rotatable bonds is 11. The maximum atomic E-state index is 12.8. The molecule has 8 nitrogen and oxygen atoms in total. The Morgan fingerprint density at radius 2 is 1.58 bits per heavy atom. The average molecular weight is 431 g/mol. The molecule has 0 spiro atoms. The first kappa shape index (κ1) is 22.6. The number of ether oxygens (including phenoxy) is 5. The van der Waals surface area contributed by atoms with E-state index in [0.717, 1.165) is 37.4 Å². The summed E-state index contributed by atoms with van der Waals surface area (Å²) in [4.78, 5) is 14.5. The molecule has 2 aromatic carbocycles. The van der Waals surface area contributed by atoms with Crippen LogP contribution in [0.25, 0.3) is 0 Å². The molecule has 168 valence electrons. The highest BCUT2D eigenvalue weighted by Gasteiger charge is 2.27. The van der Waals surface area contributed by atoms with Crippen molar-refractivity contribution in [2.24, 2.45) is 0 Å². The fourth-order valence-corrected chi connectivity index (χ4v) is 3.48. The van der Waals surface area contributed by atoms with E-state index in [4.69, 9.17) is 23.7 Å². The Hall–Kier alpha value is -3.13. The van der Waals surface area contributed by atoms with Crippen LogP contribution >= 0.6 is 0 Å². The summed E-state index contributed by atoms with van der Waals surface area (Å²) in [5.41, 5.74) is 1.66. The van der Waals surface area contributed by atoms with Crippen molar-refractivity contribution in [1.82, 2.24) is 10.2 Å².